The fourth-order valence-electron chi connectivity index (χ4n) is 1.23. The van der Waals surface area contributed by atoms with Crippen molar-refractivity contribution in [3.63, 3.8) is 0 Å². The zero-order chi connectivity index (χ0) is 13.1. The summed E-state index contributed by atoms with van der Waals surface area (Å²) in [7, 11) is -3.78. The number of sulfonamides is 1. The Balaban J connectivity index is 2.82. The summed E-state index contributed by atoms with van der Waals surface area (Å²) in [6.07, 6.45) is 0.173. The Morgan fingerprint density at radius 1 is 1.29 bits per heavy atom. The minimum absolute atomic E-state index is 0.0269. The van der Waals surface area contributed by atoms with Gasteiger partial charge >= 0.3 is 0 Å². The largest absolute Gasteiger partial charge is 0.274 e. The lowest BCUT2D eigenvalue weighted by atomic mass is 10.1. The zero-order valence-corrected chi connectivity index (χ0v) is 11.2. The van der Waals surface area contributed by atoms with Crippen molar-refractivity contribution in [3.8, 4) is 0 Å². The maximum atomic E-state index is 11.8. The van der Waals surface area contributed by atoms with Crippen LogP contribution in [0.2, 0.25) is 5.02 Å². The summed E-state index contributed by atoms with van der Waals surface area (Å²) in [6, 6.07) is 5.63. The van der Waals surface area contributed by atoms with Gasteiger partial charge in [0.25, 0.3) is 10.0 Å². The Kier molecular flexibility index (Phi) is 4.54. The minimum Gasteiger partial charge on any atom is -0.274 e. The molecule has 1 amide bonds. The average Bonchev–Trinajstić information content (AvgIpc) is 2.15. The Morgan fingerprint density at radius 3 is 2.29 bits per heavy atom. The Hall–Kier alpha value is -1.07. The molecule has 0 aliphatic rings. The third kappa shape index (κ3) is 4.36. The first-order valence-corrected chi connectivity index (χ1v) is 6.98. The minimum atomic E-state index is -3.78. The molecule has 0 radical (unpaired) electrons. The molecule has 4 nitrogen and oxygen atoms in total. The molecular formula is C11H14ClNO3S. The monoisotopic (exact) mass is 275 g/mol. The first kappa shape index (κ1) is 14.0. The summed E-state index contributed by atoms with van der Waals surface area (Å²) in [5.41, 5.74) is 0. The molecule has 94 valence electrons. The second-order valence-corrected chi connectivity index (χ2v) is 6.20. The molecular weight excluding hydrogens is 262 g/mol. The number of halogens is 1. The maximum absolute atomic E-state index is 11.8. The van der Waals surface area contributed by atoms with E-state index in [1.807, 2.05) is 18.6 Å². The zero-order valence-electron chi connectivity index (χ0n) is 9.60. The van der Waals surface area contributed by atoms with Crippen molar-refractivity contribution in [2.45, 2.75) is 25.2 Å². The molecule has 0 saturated carbocycles. The molecule has 0 aliphatic carbocycles. The average molecular weight is 276 g/mol. The molecule has 1 aromatic carbocycles. The van der Waals surface area contributed by atoms with Gasteiger partial charge in [0.2, 0.25) is 5.91 Å². The SMILES string of the molecule is CC(C)CC(=O)NS(=O)(=O)c1ccc(Cl)cc1. The van der Waals surface area contributed by atoms with Crippen LogP contribution < -0.4 is 4.72 Å². The number of rotatable bonds is 4. The van der Waals surface area contributed by atoms with Gasteiger partial charge in [-0.05, 0) is 30.2 Å². The van der Waals surface area contributed by atoms with Crippen LogP contribution in [0, 0.1) is 5.92 Å². The van der Waals surface area contributed by atoms with Gasteiger partial charge in [0.1, 0.15) is 0 Å². The number of amides is 1. The van der Waals surface area contributed by atoms with E-state index < -0.39 is 15.9 Å². The smallest absolute Gasteiger partial charge is 0.264 e. The van der Waals surface area contributed by atoms with Crippen molar-refractivity contribution in [2.24, 2.45) is 5.92 Å². The van der Waals surface area contributed by atoms with E-state index in [0.717, 1.165) is 0 Å². The second-order valence-electron chi connectivity index (χ2n) is 4.08. The van der Waals surface area contributed by atoms with Gasteiger partial charge < -0.3 is 0 Å². The van der Waals surface area contributed by atoms with Crippen LogP contribution in [0.25, 0.3) is 0 Å². The first-order chi connectivity index (χ1) is 7.81. The maximum Gasteiger partial charge on any atom is 0.264 e. The fraction of sp³-hybridized carbons (Fsp3) is 0.364. The van der Waals surface area contributed by atoms with Crippen LogP contribution in [0.1, 0.15) is 20.3 Å². The van der Waals surface area contributed by atoms with Gasteiger partial charge in [0.15, 0.2) is 0 Å². The molecule has 17 heavy (non-hydrogen) atoms. The van der Waals surface area contributed by atoms with Crippen LogP contribution in [0.15, 0.2) is 29.2 Å². The van der Waals surface area contributed by atoms with E-state index in [-0.39, 0.29) is 17.2 Å². The van der Waals surface area contributed by atoms with E-state index in [1.165, 1.54) is 24.3 Å². The van der Waals surface area contributed by atoms with Gasteiger partial charge in [-0.15, -0.1) is 0 Å². The molecule has 0 bridgehead atoms. The van der Waals surface area contributed by atoms with E-state index >= 15 is 0 Å². The topological polar surface area (TPSA) is 63.2 Å². The van der Waals surface area contributed by atoms with Gasteiger partial charge in [-0.2, -0.15) is 0 Å². The lowest BCUT2D eigenvalue weighted by Crippen LogP contribution is -2.31. The normalized spacial score (nSPS) is 11.5. The molecule has 0 atom stereocenters. The number of hydrogen-bond donors (Lipinski definition) is 1. The van der Waals surface area contributed by atoms with Crippen molar-refractivity contribution in [2.75, 3.05) is 0 Å². The van der Waals surface area contributed by atoms with Gasteiger partial charge in [0.05, 0.1) is 4.90 Å². The summed E-state index contributed by atoms with van der Waals surface area (Å²) in [5.74, 6) is -0.398. The fourth-order valence-corrected chi connectivity index (χ4v) is 2.36. The molecule has 0 fully saturated rings. The van der Waals surface area contributed by atoms with E-state index in [0.29, 0.717) is 5.02 Å². The lowest BCUT2D eigenvalue weighted by molar-refractivity contribution is -0.120. The summed E-state index contributed by atoms with van der Waals surface area (Å²) < 4.78 is 25.5. The van der Waals surface area contributed by atoms with Crippen LogP contribution in [0.5, 0.6) is 0 Å². The molecule has 1 rings (SSSR count). The first-order valence-electron chi connectivity index (χ1n) is 5.12. The lowest BCUT2D eigenvalue weighted by Gasteiger charge is -2.08. The van der Waals surface area contributed by atoms with E-state index in [1.54, 1.807) is 0 Å². The summed E-state index contributed by atoms with van der Waals surface area (Å²) in [5, 5.41) is 0.442. The molecule has 0 aromatic heterocycles. The van der Waals surface area contributed by atoms with Crippen molar-refractivity contribution >= 4 is 27.5 Å². The number of carbonyl (C=O) groups is 1. The molecule has 0 heterocycles. The number of benzene rings is 1. The highest BCUT2D eigenvalue weighted by Crippen LogP contribution is 2.14. The summed E-state index contributed by atoms with van der Waals surface area (Å²) in [6.45, 7) is 3.68. The highest BCUT2D eigenvalue weighted by atomic mass is 35.5. The van der Waals surface area contributed by atoms with Crippen LogP contribution in [0.4, 0.5) is 0 Å². The molecule has 0 spiro atoms. The van der Waals surface area contributed by atoms with Crippen LogP contribution in [-0.4, -0.2) is 14.3 Å². The highest BCUT2D eigenvalue weighted by molar-refractivity contribution is 7.90. The Morgan fingerprint density at radius 2 is 1.82 bits per heavy atom. The Bertz CT molecular complexity index is 494. The summed E-state index contributed by atoms with van der Waals surface area (Å²) >= 11 is 5.65. The van der Waals surface area contributed by atoms with Gasteiger partial charge in [-0.3, -0.25) is 4.79 Å². The third-order valence-corrected chi connectivity index (χ3v) is 3.61. The van der Waals surface area contributed by atoms with Crippen LogP contribution in [-0.2, 0) is 14.8 Å². The highest BCUT2D eigenvalue weighted by Gasteiger charge is 2.17. The van der Waals surface area contributed by atoms with Crippen molar-refractivity contribution in [1.29, 1.82) is 0 Å². The van der Waals surface area contributed by atoms with Gasteiger partial charge in [-0.25, -0.2) is 13.1 Å². The van der Waals surface area contributed by atoms with E-state index in [4.69, 9.17) is 11.6 Å². The number of nitrogens with one attached hydrogen (secondary N) is 1. The predicted molar refractivity (Wildman–Crippen MR) is 66.2 cm³/mol. The van der Waals surface area contributed by atoms with Crippen molar-refractivity contribution < 1.29 is 13.2 Å². The van der Waals surface area contributed by atoms with E-state index in [9.17, 15) is 13.2 Å². The second kappa shape index (κ2) is 5.51. The summed E-state index contributed by atoms with van der Waals surface area (Å²) in [4.78, 5) is 11.4. The van der Waals surface area contributed by atoms with Crippen LogP contribution >= 0.6 is 11.6 Å². The molecule has 0 aliphatic heterocycles. The van der Waals surface area contributed by atoms with Crippen LogP contribution in [0.3, 0.4) is 0 Å². The third-order valence-electron chi connectivity index (χ3n) is 1.97. The Labute approximate surface area is 106 Å². The standard InChI is InChI=1S/C11H14ClNO3S/c1-8(2)7-11(14)13-17(15,16)10-5-3-9(12)4-6-10/h3-6,8H,7H2,1-2H3,(H,13,14). The molecule has 1 N–H and O–H groups in total. The predicted octanol–water partition coefficient (Wildman–Crippen LogP) is 2.19. The van der Waals surface area contributed by atoms with Gasteiger partial charge in [0, 0.05) is 11.4 Å². The number of hydrogen-bond acceptors (Lipinski definition) is 3. The molecule has 6 heteroatoms. The van der Waals surface area contributed by atoms with Crippen molar-refractivity contribution in [1.82, 2.24) is 4.72 Å². The number of carbonyl (C=O) groups excluding carboxylic acids is 1. The molecule has 0 saturated heterocycles. The van der Waals surface area contributed by atoms with Crippen molar-refractivity contribution in [3.05, 3.63) is 29.3 Å². The quantitative estimate of drug-likeness (QED) is 0.916. The van der Waals surface area contributed by atoms with Gasteiger partial charge in [-0.1, -0.05) is 25.4 Å². The molecule has 1 aromatic rings. The molecule has 0 unspecified atom stereocenters. The van der Waals surface area contributed by atoms with E-state index in [2.05, 4.69) is 0 Å².